The van der Waals surface area contributed by atoms with Gasteiger partial charge in [0.05, 0.1) is 18.8 Å². The first-order chi connectivity index (χ1) is 13.2. The van der Waals surface area contributed by atoms with Crippen LogP contribution in [-0.4, -0.2) is 67.4 Å². The lowest BCUT2D eigenvalue weighted by Gasteiger charge is -2.35. The summed E-state index contributed by atoms with van der Waals surface area (Å²) in [6.45, 7) is 16.7. The van der Waals surface area contributed by atoms with Crippen LogP contribution in [0.2, 0.25) is 0 Å². The smallest absolute Gasteiger partial charge is 0.191 e. The molecule has 0 radical (unpaired) electrons. The maximum Gasteiger partial charge on any atom is 0.191 e. The molecule has 1 aromatic rings. The van der Waals surface area contributed by atoms with Gasteiger partial charge in [0, 0.05) is 38.3 Å². The van der Waals surface area contributed by atoms with Crippen molar-refractivity contribution in [2.75, 3.05) is 39.3 Å². The zero-order valence-electron chi connectivity index (χ0n) is 18.3. The van der Waals surface area contributed by atoms with Crippen LogP contribution in [0.15, 0.2) is 15.5 Å². The van der Waals surface area contributed by atoms with Gasteiger partial charge >= 0.3 is 0 Å². The summed E-state index contributed by atoms with van der Waals surface area (Å²) in [5, 5.41) is 17.5. The van der Waals surface area contributed by atoms with E-state index in [9.17, 15) is 5.11 Å². The number of ether oxygens (including phenoxy) is 1. The van der Waals surface area contributed by atoms with Crippen LogP contribution in [0.1, 0.15) is 51.2 Å². The standard InChI is InChI=1S/C21H38N4O3/c1-7-22-20(23-9-8-10-25-12-16(3)27-17(4)13-25)24-14-21(6,26)19-11-15(2)28-18(19)5/h11,16-17,26H,7-10,12-14H2,1-6H3,(H2,22,23,24). The summed E-state index contributed by atoms with van der Waals surface area (Å²) >= 11 is 0. The van der Waals surface area contributed by atoms with Crippen LogP contribution in [0.4, 0.5) is 0 Å². The van der Waals surface area contributed by atoms with Crippen LogP contribution < -0.4 is 10.6 Å². The second-order valence-electron chi connectivity index (χ2n) is 8.09. The highest BCUT2D eigenvalue weighted by Gasteiger charge is 2.27. The van der Waals surface area contributed by atoms with E-state index < -0.39 is 5.60 Å². The maximum atomic E-state index is 10.8. The Labute approximate surface area is 169 Å². The summed E-state index contributed by atoms with van der Waals surface area (Å²) < 4.78 is 11.3. The Bertz CT molecular complexity index is 632. The Morgan fingerprint density at radius 2 is 1.96 bits per heavy atom. The highest BCUT2D eigenvalue weighted by molar-refractivity contribution is 5.79. The van der Waals surface area contributed by atoms with Gasteiger partial charge in [-0.1, -0.05) is 0 Å². The van der Waals surface area contributed by atoms with Crippen molar-refractivity contribution in [3.8, 4) is 0 Å². The molecule has 0 spiro atoms. The molecular weight excluding hydrogens is 356 g/mol. The van der Waals surface area contributed by atoms with Gasteiger partial charge in [-0.3, -0.25) is 4.90 Å². The van der Waals surface area contributed by atoms with E-state index in [0.29, 0.717) is 12.2 Å². The fourth-order valence-electron chi connectivity index (χ4n) is 3.80. The molecule has 2 rings (SSSR count). The molecule has 0 saturated carbocycles. The molecule has 0 amide bonds. The third-order valence-electron chi connectivity index (χ3n) is 4.95. The minimum atomic E-state index is -1.07. The van der Waals surface area contributed by atoms with Gasteiger partial charge in [0.15, 0.2) is 5.96 Å². The van der Waals surface area contributed by atoms with Crippen LogP contribution >= 0.6 is 0 Å². The molecule has 1 aliphatic rings. The lowest BCUT2D eigenvalue weighted by Crippen LogP contribution is -2.46. The second-order valence-corrected chi connectivity index (χ2v) is 8.09. The van der Waals surface area contributed by atoms with Crippen LogP contribution in [0.3, 0.4) is 0 Å². The van der Waals surface area contributed by atoms with Crippen molar-refractivity contribution >= 4 is 5.96 Å². The van der Waals surface area contributed by atoms with E-state index in [-0.39, 0.29) is 6.54 Å². The molecule has 3 atom stereocenters. The van der Waals surface area contributed by atoms with Gasteiger partial charge in [-0.2, -0.15) is 0 Å². The normalized spacial score (nSPS) is 23.5. The monoisotopic (exact) mass is 394 g/mol. The summed E-state index contributed by atoms with van der Waals surface area (Å²) in [6.07, 6.45) is 1.63. The summed E-state index contributed by atoms with van der Waals surface area (Å²) in [5.74, 6) is 2.27. The molecule has 0 bridgehead atoms. The number of hydrogen-bond acceptors (Lipinski definition) is 5. The summed E-state index contributed by atoms with van der Waals surface area (Å²) in [6, 6.07) is 1.88. The highest BCUT2D eigenvalue weighted by Crippen LogP contribution is 2.27. The molecule has 1 saturated heterocycles. The Balaban J connectivity index is 1.84. The molecule has 1 aliphatic heterocycles. The number of morpholine rings is 1. The molecule has 1 fully saturated rings. The number of aliphatic imine (C=N–C) groups is 1. The number of guanidine groups is 1. The summed E-state index contributed by atoms with van der Waals surface area (Å²) in [4.78, 5) is 7.05. The molecule has 28 heavy (non-hydrogen) atoms. The molecule has 0 aliphatic carbocycles. The Morgan fingerprint density at radius 1 is 1.29 bits per heavy atom. The van der Waals surface area contributed by atoms with Crippen LogP contribution in [0, 0.1) is 13.8 Å². The van der Waals surface area contributed by atoms with Gasteiger partial charge < -0.3 is 24.9 Å². The largest absolute Gasteiger partial charge is 0.466 e. The topological polar surface area (TPSA) is 82.3 Å². The van der Waals surface area contributed by atoms with E-state index >= 15 is 0 Å². The van der Waals surface area contributed by atoms with E-state index in [1.54, 1.807) is 6.92 Å². The first-order valence-electron chi connectivity index (χ1n) is 10.4. The van der Waals surface area contributed by atoms with Crippen LogP contribution in [0.25, 0.3) is 0 Å². The van der Waals surface area contributed by atoms with E-state index in [4.69, 9.17) is 9.15 Å². The van der Waals surface area contributed by atoms with Crippen molar-refractivity contribution in [2.24, 2.45) is 4.99 Å². The third-order valence-corrected chi connectivity index (χ3v) is 4.95. The number of aryl methyl sites for hydroxylation is 2. The zero-order chi connectivity index (χ0) is 20.7. The molecule has 7 heteroatoms. The van der Waals surface area contributed by atoms with Crippen molar-refractivity contribution in [3.05, 3.63) is 23.2 Å². The predicted molar refractivity (Wildman–Crippen MR) is 113 cm³/mol. The number of aliphatic hydroxyl groups is 1. The number of rotatable bonds is 8. The second kappa shape index (κ2) is 10.3. The molecule has 0 aromatic carbocycles. The van der Waals surface area contributed by atoms with Crippen LogP contribution in [0.5, 0.6) is 0 Å². The fraction of sp³-hybridized carbons (Fsp3) is 0.762. The zero-order valence-corrected chi connectivity index (χ0v) is 18.3. The highest BCUT2D eigenvalue weighted by atomic mass is 16.5. The van der Waals surface area contributed by atoms with E-state index in [2.05, 4.69) is 34.4 Å². The predicted octanol–water partition coefficient (Wildman–Crippen LogP) is 2.16. The first-order valence-corrected chi connectivity index (χ1v) is 10.4. The Hall–Kier alpha value is -1.57. The van der Waals surface area contributed by atoms with Gasteiger partial charge in [0.2, 0.25) is 0 Å². The third kappa shape index (κ3) is 6.79. The number of nitrogens with one attached hydrogen (secondary N) is 2. The van der Waals surface area contributed by atoms with E-state index in [1.807, 2.05) is 26.8 Å². The molecule has 3 unspecified atom stereocenters. The minimum absolute atomic E-state index is 0.265. The Kier molecular flexibility index (Phi) is 8.34. The van der Waals surface area contributed by atoms with E-state index in [1.165, 1.54) is 0 Å². The van der Waals surface area contributed by atoms with Gasteiger partial charge in [0.1, 0.15) is 17.1 Å². The van der Waals surface area contributed by atoms with Crippen molar-refractivity contribution in [3.63, 3.8) is 0 Å². The maximum absolute atomic E-state index is 10.8. The average Bonchev–Trinajstić information content (AvgIpc) is 2.95. The number of hydrogen-bond donors (Lipinski definition) is 3. The first kappa shape index (κ1) is 22.7. The van der Waals surface area contributed by atoms with Gasteiger partial charge in [-0.05, 0) is 54.0 Å². The number of furan rings is 1. The fourth-order valence-corrected chi connectivity index (χ4v) is 3.80. The van der Waals surface area contributed by atoms with Crippen molar-refractivity contribution < 1.29 is 14.3 Å². The van der Waals surface area contributed by atoms with Gasteiger partial charge in [-0.25, -0.2) is 4.99 Å². The number of nitrogens with zero attached hydrogens (tertiary/aromatic N) is 2. The van der Waals surface area contributed by atoms with Crippen molar-refractivity contribution in [1.82, 2.24) is 15.5 Å². The Morgan fingerprint density at radius 3 is 2.54 bits per heavy atom. The quantitative estimate of drug-likeness (QED) is 0.356. The summed E-state index contributed by atoms with van der Waals surface area (Å²) in [7, 11) is 0. The van der Waals surface area contributed by atoms with Gasteiger partial charge in [-0.15, -0.1) is 0 Å². The van der Waals surface area contributed by atoms with Crippen molar-refractivity contribution in [1.29, 1.82) is 0 Å². The molecule has 2 heterocycles. The lowest BCUT2D eigenvalue weighted by molar-refractivity contribution is -0.0679. The molecule has 1 aromatic heterocycles. The van der Waals surface area contributed by atoms with E-state index in [0.717, 1.165) is 62.2 Å². The average molecular weight is 395 g/mol. The van der Waals surface area contributed by atoms with Crippen LogP contribution in [-0.2, 0) is 10.3 Å². The molecular formula is C21H38N4O3. The van der Waals surface area contributed by atoms with Crippen molar-refractivity contribution in [2.45, 2.75) is 65.8 Å². The molecule has 160 valence electrons. The lowest BCUT2D eigenvalue weighted by atomic mass is 9.96. The van der Waals surface area contributed by atoms with Gasteiger partial charge in [0.25, 0.3) is 0 Å². The molecule has 7 nitrogen and oxygen atoms in total. The minimum Gasteiger partial charge on any atom is -0.466 e. The summed E-state index contributed by atoms with van der Waals surface area (Å²) in [5.41, 5.74) is -0.273. The SMILES string of the molecule is CCNC(=NCC(C)(O)c1cc(C)oc1C)NCCCN1CC(C)OC(C)C1. The molecule has 3 N–H and O–H groups in total.